The number of carbonyl (C=O) groups is 1. The summed E-state index contributed by atoms with van der Waals surface area (Å²) >= 11 is 0. The first-order valence-corrected chi connectivity index (χ1v) is 12.3. The highest BCUT2D eigenvalue weighted by atomic mass is 16.5. The Morgan fingerprint density at radius 3 is 2.73 bits per heavy atom. The van der Waals surface area contributed by atoms with E-state index in [9.17, 15) is 10.1 Å². The maximum atomic E-state index is 12.7. The molecule has 0 aliphatic carbocycles. The van der Waals surface area contributed by atoms with Gasteiger partial charge in [0, 0.05) is 53.9 Å². The van der Waals surface area contributed by atoms with Crippen molar-refractivity contribution in [3.8, 4) is 11.8 Å². The van der Waals surface area contributed by atoms with Crippen LogP contribution in [-0.4, -0.2) is 47.6 Å². The number of rotatable bonds is 9. The van der Waals surface area contributed by atoms with E-state index in [0.717, 1.165) is 22.0 Å². The first-order chi connectivity index (χ1) is 17.8. The van der Waals surface area contributed by atoms with Crippen molar-refractivity contribution < 1.29 is 9.53 Å². The topological polar surface area (TPSA) is 95.2 Å². The van der Waals surface area contributed by atoms with Crippen LogP contribution in [0.4, 0.5) is 17.1 Å². The van der Waals surface area contributed by atoms with Crippen LogP contribution in [0, 0.1) is 11.3 Å². The smallest absolute Gasteiger partial charge is 0.248 e. The molecule has 2 aromatic carbocycles. The molecule has 2 heterocycles. The van der Waals surface area contributed by atoms with Crippen molar-refractivity contribution in [3.63, 3.8) is 0 Å². The number of ether oxygens (including phenoxy) is 1. The molecular formula is C29H32N6O2. The van der Waals surface area contributed by atoms with Crippen LogP contribution >= 0.6 is 0 Å². The van der Waals surface area contributed by atoms with Gasteiger partial charge in [0.15, 0.2) is 0 Å². The normalized spacial score (nSPS) is 11.4. The van der Waals surface area contributed by atoms with Crippen molar-refractivity contribution in [3.05, 3.63) is 66.0 Å². The Bertz CT molecular complexity index is 1530. The second kappa shape index (κ2) is 11.1. The van der Waals surface area contributed by atoms with Crippen LogP contribution in [0.15, 0.2) is 54.7 Å². The van der Waals surface area contributed by atoms with Gasteiger partial charge in [-0.3, -0.25) is 9.78 Å². The highest BCUT2D eigenvalue weighted by Gasteiger charge is 2.18. The quantitative estimate of drug-likeness (QED) is 0.303. The molecule has 0 fully saturated rings. The number of pyridine rings is 1. The van der Waals surface area contributed by atoms with Gasteiger partial charge in [-0.1, -0.05) is 13.0 Å². The van der Waals surface area contributed by atoms with Crippen LogP contribution in [0.5, 0.6) is 5.75 Å². The molecule has 0 aliphatic heterocycles. The van der Waals surface area contributed by atoms with E-state index in [-0.39, 0.29) is 5.91 Å². The molecule has 37 heavy (non-hydrogen) atoms. The van der Waals surface area contributed by atoms with Gasteiger partial charge in [-0.25, -0.2) is 0 Å². The van der Waals surface area contributed by atoms with Gasteiger partial charge in [0.1, 0.15) is 11.8 Å². The minimum atomic E-state index is -0.259. The Morgan fingerprint density at radius 2 is 2.03 bits per heavy atom. The first-order valence-electron chi connectivity index (χ1n) is 12.3. The molecule has 0 saturated heterocycles. The van der Waals surface area contributed by atoms with Gasteiger partial charge in [-0.05, 0) is 57.8 Å². The number of fused-ring (bicyclic) bond motifs is 2. The molecule has 4 aromatic rings. The Morgan fingerprint density at radius 1 is 1.22 bits per heavy atom. The molecule has 190 valence electrons. The number of anilines is 3. The molecule has 1 amide bonds. The molecule has 8 heteroatoms. The number of benzene rings is 2. The lowest BCUT2D eigenvalue weighted by molar-refractivity contribution is -0.111. The van der Waals surface area contributed by atoms with Crippen LogP contribution in [0.2, 0.25) is 0 Å². The summed E-state index contributed by atoms with van der Waals surface area (Å²) in [6.07, 6.45) is 5.92. The predicted octanol–water partition coefficient (Wildman–Crippen LogP) is 5.36. The van der Waals surface area contributed by atoms with Crippen molar-refractivity contribution in [2.45, 2.75) is 20.3 Å². The lowest BCUT2D eigenvalue weighted by Gasteiger charge is -2.18. The average molecular weight is 497 g/mol. The molecule has 0 bridgehead atoms. The molecule has 2 N–H and O–H groups in total. The largest absolute Gasteiger partial charge is 0.492 e. The van der Waals surface area contributed by atoms with Crippen molar-refractivity contribution in [1.82, 2.24) is 14.5 Å². The minimum Gasteiger partial charge on any atom is -0.492 e. The van der Waals surface area contributed by atoms with E-state index in [4.69, 9.17) is 9.72 Å². The molecule has 0 atom stereocenters. The number of nitriles is 1. The van der Waals surface area contributed by atoms with Crippen LogP contribution in [0.3, 0.4) is 0 Å². The van der Waals surface area contributed by atoms with Gasteiger partial charge in [0.05, 0.1) is 34.8 Å². The maximum Gasteiger partial charge on any atom is 0.248 e. The number of carbonyl (C=O) groups excluding carboxylic acids is 1. The van der Waals surface area contributed by atoms with E-state index < -0.39 is 0 Å². The fourth-order valence-corrected chi connectivity index (χ4v) is 4.27. The number of hydrogen-bond acceptors (Lipinski definition) is 6. The third-order valence-electron chi connectivity index (χ3n) is 6.06. The molecular weight excluding hydrogens is 464 g/mol. The van der Waals surface area contributed by atoms with Crippen molar-refractivity contribution in [1.29, 1.82) is 5.26 Å². The van der Waals surface area contributed by atoms with Gasteiger partial charge in [0.25, 0.3) is 0 Å². The molecule has 8 nitrogen and oxygen atoms in total. The number of amides is 1. The van der Waals surface area contributed by atoms with E-state index in [2.05, 4.69) is 33.4 Å². The number of likely N-dealkylation sites (N-methyl/N-ethyl adjacent to an activating group) is 1. The standard InChI is InChI=1S/C29H32N6O2/c1-6-23-22(18-30)29(31-20-10-11-26-19(15-20)12-14-35(26)5)21-16-25(27(37-7-2)17-24(21)32-23)33-28(36)9-8-13-34(3)4/h8-12,14-17H,6-7,13H2,1-5H3,(H,31,32)(H,33,36)/b9-8+. The Balaban J connectivity index is 1.84. The fourth-order valence-electron chi connectivity index (χ4n) is 4.27. The third-order valence-corrected chi connectivity index (χ3v) is 6.06. The van der Waals surface area contributed by atoms with Crippen LogP contribution in [0.25, 0.3) is 21.8 Å². The summed E-state index contributed by atoms with van der Waals surface area (Å²) < 4.78 is 7.92. The number of aryl methyl sites for hydroxylation is 2. The van der Waals surface area contributed by atoms with E-state index >= 15 is 0 Å². The molecule has 2 aromatic heterocycles. The van der Waals surface area contributed by atoms with E-state index in [1.165, 1.54) is 6.08 Å². The monoisotopic (exact) mass is 496 g/mol. The fraction of sp³-hybridized carbons (Fsp3) is 0.276. The van der Waals surface area contributed by atoms with E-state index in [0.29, 0.717) is 53.5 Å². The average Bonchev–Trinajstić information content (AvgIpc) is 3.24. The molecule has 4 rings (SSSR count). The molecule has 0 spiro atoms. The number of nitrogens with zero attached hydrogens (tertiary/aromatic N) is 4. The lowest BCUT2D eigenvalue weighted by atomic mass is 10.0. The highest BCUT2D eigenvalue weighted by molar-refractivity contribution is 6.05. The molecule has 0 aliphatic rings. The Hall–Kier alpha value is -4.35. The zero-order valence-corrected chi connectivity index (χ0v) is 21.9. The van der Waals surface area contributed by atoms with Gasteiger partial charge in [0.2, 0.25) is 5.91 Å². The summed E-state index contributed by atoms with van der Waals surface area (Å²) in [5, 5.41) is 18.3. The van der Waals surface area contributed by atoms with Gasteiger partial charge >= 0.3 is 0 Å². The summed E-state index contributed by atoms with van der Waals surface area (Å²) in [4.78, 5) is 19.4. The van der Waals surface area contributed by atoms with Crippen molar-refractivity contribution >= 4 is 44.8 Å². The molecule has 0 saturated carbocycles. The summed E-state index contributed by atoms with van der Waals surface area (Å²) in [5.41, 5.74) is 5.01. The van der Waals surface area contributed by atoms with Crippen LogP contribution in [0.1, 0.15) is 25.1 Å². The van der Waals surface area contributed by atoms with Gasteiger partial charge in [-0.15, -0.1) is 0 Å². The zero-order chi connectivity index (χ0) is 26.5. The molecule has 0 radical (unpaired) electrons. The lowest BCUT2D eigenvalue weighted by Crippen LogP contribution is -2.13. The zero-order valence-electron chi connectivity index (χ0n) is 21.9. The van der Waals surface area contributed by atoms with Crippen molar-refractivity contribution in [2.24, 2.45) is 7.05 Å². The van der Waals surface area contributed by atoms with Crippen LogP contribution < -0.4 is 15.4 Å². The minimum absolute atomic E-state index is 0.259. The Kier molecular flexibility index (Phi) is 7.75. The van der Waals surface area contributed by atoms with Gasteiger partial charge in [-0.2, -0.15) is 5.26 Å². The maximum absolute atomic E-state index is 12.7. The summed E-state index contributed by atoms with van der Waals surface area (Å²) in [6, 6.07) is 14.1. The van der Waals surface area contributed by atoms with Crippen LogP contribution in [-0.2, 0) is 18.3 Å². The highest BCUT2D eigenvalue weighted by Crippen LogP contribution is 2.38. The van der Waals surface area contributed by atoms with E-state index in [1.54, 1.807) is 6.08 Å². The second-order valence-corrected chi connectivity index (χ2v) is 9.05. The first kappa shape index (κ1) is 25.7. The number of aromatic nitrogens is 2. The molecule has 0 unspecified atom stereocenters. The SMILES string of the molecule is CCOc1cc2nc(CC)c(C#N)c(Nc3ccc4c(ccn4C)c3)c2cc1NC(=O)/C=C/CN(C)C. The summed E-state index contributed by atoms with van der Waals surface area (Å²) in [5.74, 6) is 0.269. The number of hydrogen-bond donors (Lipinski definition) is 2. The third kappa shape index (κ3) is 5.57. The van der Waals surface area contributed by atoms with Crippen molar-refractivity contribution in [2.75, 3.05) is 37.9 Å². The van der Waals surface area contributed by atoms with Gasteiger partial charge < -0.3 is 24.8 Å². The number of nitrogens with one attached hydrogen (secondary N) is 2. The Labute approximate surface area is 217 Å². The van der Waals surface area contributed by atoms with E-state index in [1.807, 2.05) is 70.4 Å². The summed E-state index contributed by atoms with van der Waals surface area (Å²) in [6.45, 7) is 4.96. The second-order valence-electron chi connectivity index (χ2n) is 9.05. The predicted molar refractivity (Wildman–Crippen MR) is 150 cm³/mol. The summed E-state index contributed by atoms with van der Waals surface area (Å²) in [7, 11) is 5.88.